The van der Waals surface area contributed by atoms with Crippen LogP contribution in [0.3, 0.4) is 0 Å². The predicted molar refractivity (Wildman–Crippen MR) is 88.6 cm³/mol. The number of halogens is 2. The lowest BCUT2D eigenvalue weighted by molar-refractivity contribution is 1.14. The van der Waals surface area contributed by atoms with Gasteiger partial charge in [-0.3, -0.25) is 0 Å². The number of H-pyrrole nitrogens is 2. The number of benzene rings is 2. The van der Waals surface area contributed by atoms with Gasteiger partial charge in [0.15, 0.2) is 0 Å². The van der Waals surface area contributed by atoms with Gasteiger partial charge in [0, 0.05) is 4.47 Å². The molecule has 0 aliphatic carbocycles. The van der Waals surface area contributed by atoms with Crippen molar-refractivity contribution in [2.45, 2.75) is 11.8 Å². The Morgan fingerprint density at radius 1 is 1.05 bits per heavy atom. The van der Waals surface area contributed by atoms with Crippen LogP contribution >= 0.6 is 31.9 Å². The number of nitrogens with one attached hydrogen (secondary N) is 2. The van der Waals surface area contributed by atoms with Gasteiger partial charge < -0.3 is 9.97 Å². The summed E-state index contributed by atoms with van der Waals surface area (Å²) in [6.45, 7) is 2.09. The lowest BCUT2D eigenvalue weighted by atomic mass is 10.0. The first kappa shape index (κ1) is 13.6. The minimum Gasteiger partial charge on any atom is -0.306 e. The van der Waals surface area contributed by atoms with Gasteiger partial charge in [-0.05, 0) is 47.9 Å². The molecule has 1 heterocycles. The SMILES string of the molecule is Cc1cc(Br)ccc1C(Br)c1ccc2[nH]c(=O)[nH]c2c1. The van der Waals surface area contributed by atoms with E-state index in [1.54, 1.807) is 0 Å². The second-order valence-electron chi connectivity index (χ2n) is 4.75. The van der Waals surface area contributed by atoms with E-state index in [4.69, 9.17) is 0 Å². The number of aryl methyl sites for hydroxylation is 1. The number of imidazole rings is 1. The third-order valence-corrected chi connectivity index (χ3v) is 4.85. The Morgan fingerprint density at radius 3 is 2.55 bits per heavy atom. The number of alkyl halides is 1. The Morgan fingerprint density at radius 2 is 1.80 bits per heavy atom. The Bertz CT molecular complexity index is 835. The van der Waals surface area contributed by atoms with Gasteiger partial charge in [-0.2, -0.15) is 0 Å². The summed E-state index contributed by atoms with van der Waals surface area (Å²) in [7, 11) is 0. The van der Waals surface area contributed by atoms with Gasteiger partial charge in [-0.15, -0.1) is 0 Å². The van der Waals surface area contributed by atoms with Gasteiger partial charge in [0.2, 0.25) is 0 Å². The number of rotatable bonds is 2. The number of aromatic amines is 2. The molecule has 3 aromatic rings. The molecule has 1 aromatic heterocycles. The molecule has 0 aliphatic heterocycles. The quantitative estimate of drug-likeness (QED) is 0.620. The minimum atomic E-state index is -0.178. The fourth-order valence-corrected chi connectivity index (χ4v) is 3.58. The van der Waals surface area contributed by atoms with Crippen LogP contribution in [0.5, 0.6) is 0 Å². The molecule has 5 heteroatoms. The van der Waals surface area contributed by atoms with E-state index in [0.717, 1.165) is 21.1 Å². The monoisotopic (exact) mass is 394 g/mol. The molecule has 0 spiro atoms. The van der Waals surface area contributed by atoms with Crippen LogP contribution in [0.15, 0.2) is 45.7 Å². The highest BCUT2D eigenvalue weighted by atomic mass is 79.9. The first-order chi connectivity index (χ1) is 9.54. The Balaban J connectivity index is 2.06. The summed E-state index contributed by atoms with van der Waals surface area (Å²) in [5.41, 5.74) is 5.01. The maximum Gasteiger partial charge on any atom is 0.323 e. The number of hydrogen-bond donors (Lipinski definition) is 2. The van der Waals surface area contributed by atoms with Crippen LogP contribution < -0.4 is 5.69 Å². The summed E-state index contributed by atoms with van der Waals surface area (Å²) in [5.74, 6) is 0. The lowest BCUT2D eigenvalue weighted by Gasteiger charge is -2.14. The summed E-state index contributed by atoms with van der Waals surface area (Å²) in [6, 6.07) is 12.2. The van der Waals surface area contributed by atoms with Crippen molar-refractivity contribution in [3.05, 3.63) is 68.0 Å². The molecule has 0 fully saturated rings. The number of hydrogen-bond acceptors (Lipinski definition) is 1. The first-order valence-electron chi connectivity index (χ1n) is 6.16. The zero-order valence-electron chi connectivity index (χ0n) is 10.7. The number of fused-ring (bicyclic) bond motifs is 1. The van der Waals surface area contributed by atoms with Crippen LogP contribution in [-0.2, 0) is 0 Å². The van der Waals surface area contributed by atoms with E-state index in [-0.39, 0.29) is 10.5 Å². The van der Waals surface area contributed by atoms with E-state index >= 15 is 0 Å². The second-order valence-corrected chi connectivity index (χ2v) is 6.58. The lowest BCUT2D eigenvalue weighted by Crippen LogP contribution is -1.99. The average molecular weight is 396 g/mol. The van der Waals surface area contributed by atoms with E-state index in [9.17, 15) is 4.79 Å². The minimum absolute atomic E-state index is 0.0957. The largest absolute Gasteiger partial charge is 0.323 e. The van der Waals surface area contributed by atoms with Crippen molar-refractivity contribution in [3.8, 4) is 0 Å². The Labute approximate surface area is 132 Å². The van der Waals surface area contributed by atoms with Crippen LogP contribution in [0.4, 0.5) is 0 Å². The molecule has 20 heavy (non-hydrogen) atoms. The van der Waals surface area contributed by atoms with Gasteiger partial charge >= 0.3 is 5.69 Å². The fraction of sp³-hybridized carbons (Fsp3) is 0.133. The van der Waals surface area contributed by atoms with Crippen molar-refractivity contribution < 1.29 is 0 Å². The molecule has 3 rings (SSSR count). The first-order valence-corrected chi connectivity index (χ1v) is 7.87. The highest BCUT2D eigenvalue weighted by molar-refractivity contribution is 9.10. The van der Waals surface area contributed by atoms with Gasteiger partial charge in [0.05, 0.1) is 15.9 Å². The number of aromatic nitrogens is 2. The maximum absolute atomic E-state index is 11.3. The second kappa shape index (κ2) is 5.22. The van der Waals surface area contributed by atoms with Crippen LogP contribution in [0.1, 0.15) is 21.5 Å². The summed E-state index contributed by atoms with van der Waals surface area (Å²) in [4.78, 5) is 16.9. The van der Waals surface area contributed by atoms with Gasteiger partial charge in [0.1, 0.15) is 0 Å². The summed E-state index contributed by atoms with van der Waals surface area (Å²) >= 11 is 7.22. The van der Waals surface area contributed by atoms with Crippen LogP contribution in [0, 0.1) is 6.92 Å². The van der Waals surface area contributed by atoms with E-state index in [1.807, 2.05) is 24.3 Å². The molecule has 102 valence electrons. The normalized spacial score (nSPS) is 12.8. The zero-order chi connectivity index (χ0) is 14.3. The molecule has 2 N–H and O–H groups in total. The van der Waals surface area contributed by atoms with E-state index in [2.05, 4.69) is 60.9 Å². The molecule has 0 radical (unpaired) electrons. The molecular weight excluding hydrogens is 384 g/mol. The van der Waals surface area contributed by atoms with Crippen molar-refractivity contribution >= 4 is 42.9 Å². The molecule has 0 amide bonds. The molecule has 1 atom stereocenters. The van der Waals surface area contributed by atoms with Crippen LogP contribution in [-0.4, -0.2) is 9.97 Å². The van der Waals surface area contributed by atoms with Crippen LogP contribution in [0.2, 0.25) is 0 Å². The third-order valence-electron chi connectivity index (χ3n) is 3.34. The molecule has 0 saturated heterocycles. The Kier molecular flexibility index (Phi) is 3.56. The standard InChI is InChI=1S/C15H12Br2N2O/c1-8-6-10(16)3-4-11(8)14(17)9-2-5-12-13(7-9)19-15(20)18-12/h2-7,14H,1H3,(H2,18,19,20). The highest BCUT2D eigenvalue weighted by Crippen LogP contribution is 2.34. The van der Waals surface area contributed by atoms with Crippen molar-refractivity contribution in [3.63, 3.8) is 0 Å². The van der Waals surface area contributed by atoms with Crippen LogP contribution in [0.25, 0.3) is 11.0 Å². The van der Waals surface area contributed by atoms with Gasteiger partial charge in [-0.25, -0.2) is 4.79 Å². The van der Waals surface area contributed by atoms with E-state index in [0.29, 0.717) is 0 Å². The maximum atomic E-state index is 11.3. The molecule has 3 nitrogen and oxygen atoms in total. The van der Waals surface area contributed by atoms with E-state index in [1.165, 1.54) is 11.1 Å². The predicted octanol–water partition coefficient (Wildman–Crippen LogP) is 4.41. The molecule has 1 unspecified atom stereocenters. The third kappa shape index (κ3) is 2.47. The molecular formula is C15H12Br2N2O. The van der Waals surface area contributed by atoms with Crippen molar-refractivity contribution in [1.82, 2.24) is 9.97 Å². The molecule has 2 aromatic carbocycles. The molecule has 0 aliphatic rings. The van der Waals surface area contributed by atoms with E-state index < -0.39 is 0 Å². The Hall–Kier alpha value is -1.33. The summed E-state index contributed by atoms with van der Waals surface area (Å²) in [5, 5.41) is 0. The molecule has 0 saturated carbocycles. The highest BCUT2D eigenvalue weighted by Gasteiger charge is 2.14. The topological polar surface area (TPSA) is 48.6 Å². The van der Waals surface area contributed by atoms with Gasteiger partial charge in [0.25, 0.3) is 0 Å². The summed E-state index contributed by atoms with van der Waals surface area (Å²) in [6.07, 6.45) is 0. The smallest absolute Gasteiger partial charge is 0.306 e. The molecule has 0 bridgehead atoms. The van der Waals surface area contributed by atoms with Crippen molar-refractivity contribution in [2.24, 2.45) is 0 Å². The van der Waals surface area contributed by atoms with Crippen molar-refractivity contribution in [1.29, 1.82) is 0 Å². The fourth-order valence-electron chi connectivity index (χ4n) is 2.31. The zero-order valence-corrected chi connectivity index (χ0v) is 13.9. The van der Waals surface area contributed by atoms with Crippen molar-refractivity contribution in [2.75, 3.05) is 0 Å². The average Bonchev–Trinajstić information content (AvgIpc) is 2.77. The van der Waals surface area contributed by atoms with Gasteiger partial charge in [-0.1, -0.05) is 44.0 Å². The summed E-state index contributed by atoms with van der Waals surface area (Å²) < 4.78 is 1.07.